The summed E-state index contributed by atoms with van der Waals surface area (Å²) in [5.74, 6) is -4.43. The molecule has 0 spiro atoms. The highest BCUT2D eigenvalue weighted by molar-refractivity contribution is 6.02. The van der Waals surface area contributed by atoms with Gasteiger partial charge < -0.3 is 19.3 Å². The first-order valence-electron chi connectivity index (χ1n) is 10.4. The van der Waals surface area contributed by atoms with Crippen LogP contribution in [0.3, 0.4) is 0 Å². The number of ether oxygens (including phenoxy) is 3. The van der Waals surface area contributed by atoms with Crippen molar-refractivity contribution in [3.8, 4) is 5.75 Å². The fourth-order valence-corrected chi connectivity index (χ4v) is 3.98. The average molecular weight is 421 g/mol. The van der Waals surface area contributed by atoms with Gasteiger partial charge in [0.1, 0.15) is 11.7 Å². The monoisotopic (exact) mass is 420 g/mol. The molecule has 1 aliphatic carbocycles. The van der Waals surface area contributed by atoms with Crippen LogP contribution in [0.5, 0.6) is 5.75 Å². The van der Waals surface area contributed by atoms with Gasteiger partial charge in [-0.15, -0.1) is 0 Å². The van der Waals surface area contributed by atoms with Gasteiger partial charge in [-0.3, -0.25) is 14.4 Å². The number of esters is 2. The Bertz CT molecular complexity index is 756. The van der Waals surface area contributed by atoms with Crippen LogP contribution >= 0.6 is 0 Å². The molecule has 0 amide bonds. The quantitative estimate of drug-likeness (QED) is 0.535. The molecule has 1 aliphatic rings. The zero-order valence-corrected chi connectivity index (χ0v) is 18.5. The Hall–Kier alpha value is -2.41. The highest BCUT2D eigenvalue weighted by Gasteiger charge is 2.57. The average Bonchev–Trinajstić information content (AvgIpc) is 2.59. The molecule has 2 rings (SSSR count). The number of benzene rings is 1. The second kappa shape index (κ2) is 9.60. The van der Waals surface area contributed by atoms with Crippen molar-refractivity contribution in [1.29, 1.82) is 0 Å². The maximum atomic E-state index is 13.0. The van der Waals surface area contributed by atoms with Gasteiger partial charge >= 0.3 is 11.9 Å². The van der Waals surface area contributed by atoms with Crippen molar-refractivity contribution < 1.29 is 33.7 Å². The molecule has 1 fully saturated rings. The molecular weight excluding hydrogens is 388 g/mol. The molecule has 0 saturated heterocycles. The summed E-state index contributed by atoms with van der Waals surface area (Å²) in [4.78, 5) is 38.8. The molecule has 0 radical (unpaired) electrons. The number of carbonyl (C=O) groups is 3. The Balaban J connectivity index is 2.58. The molecule has 7 nitrogen and oxygen atoms in total. The van der Waals surface area contributed by atoms with Crippen LogP contribution in [0.15, 0.2) is 24.3 Å². The first-order valence-corrected chi connectivity index (χ1v) is 10.4. The SMILES string of the molecule is CCOc1ccc([C@@H]2[C@H](C(=O)OC(C)C)C(=O)C[C@@](C)(O)[C@H]2C(=O)OC(C)C)cc1. The third kappa shape index (κ3) is 5.39. The van der Waals surface area contributed by atoms with Crippen LogP contribution in [0.4, 0.5) is 0 Å². The molecule has 0 aromatic heterocycles. The maximum Gasteiger partial charge on any atom is 0.317 e. The predicted octanol–water partition coefficient (Wildman–Crippen LogP) is 3.03. The van der Waals surface area contributed by atoms with Crippen LogP contribution in [0.25, 0.3) is 0 Å². The molecule has 166 valence electrons. The van der Waals surface area contributed by atoms with E-state index in [1.54, 1.807) is 52.0 Å². The van der Waals surface area contributed by atoms with E-state index in [2.05, 4.69) is 0 Å². The summed E-state index contributed by atoms with van der Waals surface area (Å²) < 4.78 is 16.2. The lowest BCUT2D eigenvalue weighted by Crippen LogP contribution is -2.55. The summed E-state index contributed by atoms with van der Waals surface area (Å²) in [7, 11) is 0. The molecule has 30 heavy (non-hydrogen) atoms. The number of rotatable bonds is 7. The number of aliphatic hydroxyl groups is 1. The smallest absolute Gasteiger partial charge is 0.317 e. The zero-order valence-electron chi connectivity index (χ0n) is 18.5. The van der Waals surface area contributed by atoms with E-state index in [-0.39, 0.29) is 6.42 Å². The van der Waals surface area contributed by atoms with Gasteiger partial charge in [-0.1, -0.05) is 12.1 Å². The van der Waals surface area contributed by atoms with E-state index in [9.17, 15) is 19.5 Å². The van der Waals surface area contributed by atoms with E-state index >= 15 is 0 Å². The third-order valence-corrected chi connectivity index (χ3v) is 5.05. The van der Waals surface area contributed by atoms with Crippen molar-refractivity contribution in [3.05, 3.63) is 29.8 Å². The molecule has 1 aromatic rings. The Kier molecular flexibility index (Phi) is 7.64. The Labute approximate surface area is 177 Å². The molecule has 0 heterocycles. The molecule has 0 aliphatic heterocycles. The second-order valence-corrected chi connectivity index (χ2v) is 8.45. The molecule has 1 N–H and O–H groups in total. The van der Waals surface area contributed by atoms with Gasteiger partial charge in [-0.05, 0) is 59.2 Å². The minimum absolute atomic E-state index is 0.337. The predicted molar refractivity (Wildman–Crippen MR) is 110 cm³/mol. The number of carbonyl (C=O) groups excluding carboxylic acids is 3. The largest absolute Gasteiger partial charge is 0.494 e. The van der Waals surface area contributed by atoms with Crippen LogP contribution in [-0.2, 0) is 23.9 Å². The molecule has 0 unspecified atom stereocenters. The van der Waals surface area contributed by atoms with Gasteiger partial charge in [0.15, 0.2) is 5.78 Å². The summed E-state index contributed by atoms with van der Waals surface area (Å²) in [6.07, 6.45) is -1.17. The van der Waals surface area contributed by atoms with Crippen LogP contribution in [0.1, 0.15) is 59.4 Å². The van der Waals surface area contributed by atoms with Gasteiger partial charge in [-0.2, -0.15) is 0 Å². The van der Waals surface area contributed by atoms with E-state index < -0.39 is 53.3 Å². The van der Waals surface area contributed by atoms with Gasteiger partial charge in [-0.25, -0.2) is 0 Å². The standard InChI is InChI=1S/C23H32O7/c1-7-28-16-10-8-15(9-11-16)18-19(21(25)29-13(2)3)17(24)12-23(6,27)20(18)22(26)30-14(4)5/h8-11,13-14,18-20,27H,7,12H2,1-6H3/t18-,19-,20-,23-/m1/s1. The van der Waals surface area contributed by atoms with E-state index in [0.29, 0.717) is 17.9 Å². The Morgan fingerprint density at radius 2 is 1.60 bits per heavy atom. The number of ketones is 1. The minimum Gasteiger partial charge on any atom is -0.494 e. The lowest BCUT2D eigenvalue weighted by atomic mass is 9.61. The second-order valence-electron chi connectivity index (χ2n) is 8.45. The molecule has 0 bridgehead atoms. The first kappa shape index (κ1) is 23.9. The van der Waals surface area contributed by atoms with Crippen molar-refractivity contribution in [2.45, 2.75) is 71.7 Å². The van der Waals surface area contributed by atoms with E-state index in [1.165, 1.54) is 6.92 Å². The number of hydrogen-bond donors (Lipinski definition) is 1. The molecular formula is C23H32O7. The number of Topliss-reactive ketones (excluding diaryl/α,β-unsaturated/α-hetero) is 1. The Morgan fingerprint density at radius 1 is 1.07 bits per heavy atom. The minimum atomic E-state index is -1.67. The highest BCUT2D eigenvalue weighted by Crippen LogP contribution is 2.47. The number of hydrogen-bond acceptors (Lipinski definition) is 7. The van der Waals surface area contributed by atoms with E-state index in [1.807, 2.05) is 6.92 Å². The molecule has 7 heteroatoms. The van der Waals surface area contributed by atoms with Crippen LogP contribution in [0.2, 0.25) is 0 Å². The van der Waals surface area contributed by atoms with Crippen molar-refractivity contribution in [1.82, 2.24) is 0 Å². The topological polar surface area (TPSA) is 99.1 Å². The van der Waals surface area contributed by atoms with Crippen molar-refractivity contribution in [2.75, 3.05) is 6.61 Å². The third-order valence-electron chi connectivity index (χ3n) is 5.05. The van der Waals surface area contributed by atoms with Gasteiger partial charge in [0.2, 0.25) is 0 Å². The molecule has 4 atom stereocenters. The fourth-order valence-electron chi connectivity index (χ4n) is 3.98. The zero-order chi connectivity index (χ0) is 22.6. The highest BCUT2D eigenvalue weighted by atomic mass is 16.5. The van der Waals surface area contributed by atoms with Crippen molar-refractivity contribution in [3.63, 3.8) is 0 Å². The summed E-state index contributed by atoms with van der Waals surface area (Å²) in [6.45, 7) is 10.6. The fraction of sp³-hybridized carbons (Fsp3) is 0.609. The van der Waals surface area contributed by atoms with Crippen LogP contribution in [-0.4, -0.2) is 47.2 Å². The lowest BCUT2D eigenvalue weighted by molar-refractivity contribution is -0.176. The first-order chi connectivity index (χ1) is 14.0. The summed E-state index contributed by atoms with van der Waals surface area (Å²) in [5, 5.41) is 11.0. The van der Waals surface area contributed by atoms with Crippen molar-refractivity contribution in [2.24, 2.45) is 11.8 Å². The van der Waals surface area contributed by atoms with E-state index in [4.69, 9.17) is 14.2 Å². The summed E-state index contributed by atoms with van der Waals surface area (Å²) in [6, 6.07) is 6.83. The summed E-state index contributed by atoms with van der Waals surface area (Å²) in [5.41, 5.74) is -1.11. The van der Waals surface area contributed by atoms with Crippen LogP contribution < -0.4 is 4.74 Å². The lowest BCUT2D eigenvalue weighted by Gasteiger charge is -2.44. The van der Waals surface area contributed by atoms with Crippen LogP contribution in [0, 0.1) is 11.8 Å². The molecule has 1 saturated carbocycles. The normalized spacial score (nSPS) is 26.6. The maximum absolute atomic E-state index is 13.0. The van der Waals surface area contributed by atoms with Crippen molar-refractivity contribution >= 4 is 17.7 Å². The summed E-state index contributed by atoms with van der Waals surface area (Å²) >= 11 is 0. The van der Waals surface area contributed by atoms with Gasteiger partial charge in [0.05, 0.1) is 30.3 Å². The van der Waals surface area contributed by atoms with Gasteiger partial charge in [0.25, 0.3) is 0 Å². The van der Waals surface area contributed by atoms with Gasteiger partial charge in [0, 0.05) is 12.3 Å². The van der Waals surface area contributed by atoms with E-state index in [0.717, 1.165) is 0 Å². The Morgan fingerprint density at radius 3 is 2.10 bits per heavy atom. The molecule has 1 aromatic carbocycles.